The molecule has 0 aromatic carbocycles. The summed E-state index contributed by atoms with van der Waals surface area (Å²) < 4.78 is 22.6. The first kappa shape index (κ1) is 7.59. The lowest BCUT2D eigenvalue weighted by Gasteiger charge is -1.98. The van der Waals surface area contributed by atoms with Gasteiger partial charge in [0.25, 0.3) is 0 Å². The minimum atomic E-state index is -2.78. The van der Waals surface area contributed by atoms with E-state index in [-0.39, 0.29) is 0 Å². The van der Waals surface area contributed by atoms with Crippen LogP contribution < -0.4 is 0 Å². The summed E-state index contributed by atoms with van der Waals surface area (Å²) in [6.45, 7) is 0. The van der Waals surface area contributed by atoms with Gasteiger partial charge in [-0.25, -0.2) is 8.42 Å². The van der Waals surface area contributed by atoms with Crippen molar-refractivity contribution in [2.45, 2.75) is 25.7 Å². The number of rotatable bonds is 4. The molecule has 11 heavy (non-hydrogen) atoms. The molecule has 0 N–H and O–H groups in total. The quantitative estimate of drug-likeness (QED) is 0.643. The molecule has 0 saturated heterocycles. The molecule has 2 aliphatic carbocycles. The molecule has 2 nitrogen and oxygen atoms in total. The Morgan fingerprint density at radius 3 is 2.27 bits per heavy atom. The van der Waals surface area contributed by atoms with E-state index in [1.165, 1.54) is 0 Å². The Morgan fingerprint density at radius 1 is 1.18 bits per heavy atom. The highest BCUT2D eigenvalue weighted by atomic mass is 32.2. The van der Waals surface area contributed by atoms with Crippen LogP contribution in [0.1, 0.15) is 25.7 Å². The summed E-state index contributed by atoms with van der Waals surface area (Å²) >= 11 is 0. The van der Waals surface area contributed by atoms with Crippen LogP contribution in [0.5, 0.6) is 0 Å². The standard InChI is InChI=1S/C8H13O2S/c9-11(10,5-7-1-2-7)6-8-3-4-8/h5,7-8H,1-4,6H2. The highest BCUT2D eigenvalue weighted by Crippen LogP contribution is 2.37. The van der Waals surface area contributed by atoms with E-state index in [2.05, 4.69) is 0 Å². The zero-order valence-corrected chi connectivity index (χ0v) is 7.31. The van der Waals surface area contributed by atoms with Gasteiger partial charge in [-0.1, -0.05) is 0 Å². The van der Waals surface area contributed by atoms with Crippen molar-refractivity contribution in [3.8, 4) is 0 Å². The van der Waals surface area contributed by atoms with Crippen LogP contribution in [-0.4, -0.2) is 14.2 Å². The van der Waals surface area contributed by atoms with Crippen LogP contribution in [-0.2, 0) is 9.84 Å². The molecule has 0 aromatic rings. The Morgan fingerprint density at radius 2 is 1.82 bits per heavy atom. The van der Waals surface area contributed by atoms with Crippen molar-refractivity contribution in [3.63, 3.8) is 0 Å². The molecule has 63 valence electrons. The van der Waals surface area contributed by atoms with Gasteiger partial charge in [0.05, 0.1) is 11.5 Å². The summed E-state index contributed by atoms with van der Waals surface area (Å²) in [5, 5.41) is 0. The van der Waals surface area contributed by atoms with Crippen LogP contribution in [0.25, 0.3) is 0 Å². The third-order valence-electron chi connectivity index (χ3n) is 2.19. The fraction of sp³-hybridized carbons (Fsp3) is 0.875. The van der Waals surface area contributed by atoms with Crippen molar-refractivity contribution < 1.29 is 8.42 Å². The molecule has 0 aliphatic heterocycles. The van der Waals surface area contributed by atoms with Gasteiger partial charge in [-0.05, 0) is 37.5 Å². The summed E-state index contributed by atoms with van der Waals surface area (Å²) in [6, 6.07) is 0. The molecule has 3 heteroatoms. The Labute approximate surface area is 67.9 Å². The SMILES string of the molecule is O=S(=O)([CH]C1CC1)CC1CC1. The van der Waals surface area contributed by atoms with E-state index in [0.29, 0.717) is 17.6 Å². The van der Waals surface area contributed by atoms with E-state index in [4.69, 9.17) is 0 Å². The average molecular weight is 173 g/mol. The van der Waals surface area contributed by atoms with Gasteiger partial charge >= 0.3 is 0 Å². The van der Waals surface area contributed by atoms with Crippen molar-refractivity contribution in [2.24, 2.45) is 11.8 Å². The molecule has 2 saturated carbocycles. The molecular weight excluding hydrogens is 160 g/mol. The Bertz CT molecular complexity index is 215. The summed E-state index contributed by atoms with van der Waals surface area (Å²) in [5.41, 5.74) is 0. The van der Waals surface area contributed by atoms with Crippen LogP contribution in [0.2, 0.25) is 0 Å². The second-order valence-corrected chi connectivity index (χ2v) is 5.68. The van der Waals surface area contributed by atoms with Gasteiger partial charge in [-0.3, -0.25) is 0 Å². The van der Waals surface area contributed by atoms with Crippen LogP contribution in [0.15, 0.2) is 0 Å². The van der Waals surface area contributed by atoms with E-state index in [0.717, 1.165) is 25.7 Å². The number of sulfone groups is 1. The predicted molar refractivity (Wildman–Crippen MR) is 43.5 cm³/mol. The van der Waals surface area contributed by atoms with Gasteiger partial charge in [0.1, 0.15) is 0 Å². The normalized spacial score (nSPS) is 25.5. The van der Waals surface area contributed by atoms with Crippen LogP contribution >= 0.6 is 0 Å². The van der Waals surface area contributed by atoms with E-state index in [1.807, 2.05) is 0 Å². The molecule has 0 aromatic heterocycles. The van der Waals surface area contributed by atoms with Gasteiger partial charge in [-0.15, -0.1) is 0 Å². The maximum atomic E-state index is 11.3. The lowest BCUT2D eigenvalue weighted by molar-refractivity contribution is 0.595. The average Bonchev–Trinajstić information content (AvgIpc) is 2.60. The highest BCUT2D eigenvalue weighted by Gasteiger charge is 2.33. The maximum Gasteiger partial charge on any atom is 0.155 e. The number of hydrogen-bond acceptors (Lipinski definition) is 2. The molecule has 0 bridgehead atoms. The van der Waals surface area contributed by atoms with Crippen molar-refractivity contribution in [1.29, 1.82) is 0 Å². The van der Waals surface area contributed by atoms with Crippen LogP contribution in [0.3, 0.4) is 0 Å². The Balaban J connectivity index is 1.85. The Kier molecular flexibility index (Phi) is 1.71. The third kappa shape index (κ3) is 2.47. The van der Waals surface area contributed by atoms with Gasteiger partial charge in [0, 0.05) is 0 Å². The second-order valence-electron chi connectivity index (χ2n) is 3.75. The monoisotopic (exact) mass is 173 g/mol. The molecule has 0 atom stereocenters. The minimum absolute atomic E-state index is 0.402. The van der Waals surface area contributed by atoms with Crippen LogP contribution in [0, 0.1) is 17.6 Å². The van der Waals surface area contributed by atoms with Gasteiger partial charge in [0.15, 0.2) is 9.84 Å². The summed E-state index contributed by atoms with van der Waals surface area (Å²) in [7, 11) is -2.78. The topological polar surface area (TPSA) is 34.1 Å². The highest BCUT2D eigenvalue weighted by molar-refractivity contribution is 7.93. The first-order valence-electron chi connectivity index (χ1n) is 4.23. The van der Waals surface area contributed by atoms with Crippen molar-refractivity contribution in [2.75, 3.05) is 5.75 Å². The lowest BCUT2D eigenvalue weighted by Crippen LogP contribution is -2.08. The van der Waals surface area contributed by atoms with Crippen LogP contribution in [0.4, 0.5) is 0 Å². The smallest absolute Gasteiger partial charge is 0.155 e. The molecule has 1 radical (unpaired) electrons. The van der Waals surface area contributed by atoms with E-state index < -0.39 is 9.84 Å². The largest absolute Gasteiger partial charge is 0.228 e. The van der Waals surface area contributed by atoms with Gasteiger partial charge in [-0.2, -0.15) is 0 Å². The van der Waals surface area contributed by atoms with Gasteiger partial charge < -0.3 is 0 Å². The number of hydrogen-bond donors (Lipinski definition) is 0. The van der Waals surface area contributed by atoms with E-state index in [1.54, 1.807) is 5.75 Å². The molecule has 0 spiro atoms. The van der Waals surface area contributed by atoms with Crippen molar-refractivity contribution in [3.05, 3.63) is 5.75 Å². The second kappa shape index (κ2) is 2.47. The molecule has 2 fully saturated rings. The summed E-state index contributed by atoms with van der Waals surface area (Å²) in [4.78, 5) is 0. The molecular formula is C8H13O2S. The zero-order chi connectivity index (χ0) is 7.90. The fourth-order valence-corrected chi connectivity index (χ4v) is 3.15. The molecule has 0 amide bonds. The van der Waals surface area contributed by atoms with Gasteiger partial charge in [0.2, 0.25) is 0 Å². The zero-order valence-electron chi connectivity index (χ0n) is 6.49. The van der Waals surface area contributed by atoms with Crippen molar-refractivity contribution in [1.82, 2.24) is 0 Å². The maximum absolute atomic E-state index is 11.3. The third-order valence-corrected chi connectivity index (χ3v) is 3.92. The molecule has 2 aliphatic rings. The minimum Gasteiger partial charge on any atom is -0.228 e. The van der Waals surface area contributed by atoms with Crippen molar-refractivity contribution >= 4 is 9.84 Å². The Hall–Kier alpha value is -0.0500. The molecule has 2 rings (SSSR count). The molecule has 0 unspecified atom stereocenters. The molecule has 0 heterocycles. The first-order chi connectivity index (χ1) is 5.16. The van der Waals surface area contributed by atoms with E-state index >= 15 is 0 Å². The first-order valence-corrected chi connectivity index (χ1v) is 5.95. The van der Waals surface area contributed by atoms with E-state index in [9.17, 15) is 8.42 Å². The summed E-state index contributed by atoms with van der Waals surface area (Å²) in [6.07, 6.45) is 4.42. The lowest BCUT2D eigenvalue weighted by atomic mass is 10.5. The summed E-state index contributed by atoms with van der Waals surface area (Å²) in [5.74, 6) is 2.89. The fourth-order valence-electron chi connectivity index (χ4n) is 1.19. The predicted octanol–water partition coefficient (Wildman–Crippen LogP) is 1.38.